The first-order valence-electron chi connectivity index (χ1n) is 27.1. The van der Waals surface area contributed by atoms with Gasteiger partial charge in [-0.3, -0.25) is 4.79 Å². The quantitative estimate of drug-likeness (QED) is 0.0755. The van der Waals surface area contributed by atoms with E-state index in [2.05, 4.69) is 54.5 Å². The van der Waals surface area contributed by atoms with Crippen molar-refractivity contribution in [1.82, 2.24) is 0 Å². The molecule has 9 aliphatic rings. The van der Waals surface area contributed by atoms with Crippen molar-refractivity contribution in [2.75, 3.05) is 19.8 Å². The van der Waals surface area contributed by atoms with Crippen LogP contribution in [0.5, 0.6) is 0 Å². The highest BCUT2D eigenvalue weighted by Gasteiger charge is 2.70. The third kappa shape index (κ3) is 9.27. The molecule has 0 unspecified atom stereocenters. The van der Waals surface area contributed by atoms with Crippen LogP contribution in [0, 0.1) is 50.2 Å². The van der Waals surface area contributed by atoms with Crippen LogP contribution < -0.4 is 0 Å². The fourth-order valence-electron chi connectivity index (χ4n) is 16.1. The molecule has 0 radical (unpaired) electrons. The highest BCUT2D eigenvalue weighted by molar-refractivity contribution is 5.79. The largest absolute Gasteiger partial charge is 0.432 e. The molecule has 74 heavy (non-hydrogen) atoms. The van der Waals surface area contributed by atoms with E-state index < -0.39 is 147 Å². The summed E-state index contributed by atoms with van der Waals surface area (Å²) in [7, 11) is 0. The molecule has 5 aliphatic carbocycles. The number of rotatable bonds is 10. The molecular formula is C53H86O21. The summed E-state index contributed by atoms with van der Waals surface area (Å²) in [5.74, 6) is -0.319. The van der Waals surface area contributed by atoms with E-state index in [1.54, 1.807) is 0 Å². The Bertz CT molecular complexity index is 2040. The Morgan fingerprint density at radius 3 is 1.95 bits per heavy atom. The maximum Gasteiger partial charge on any atom is 0.315 e. The van der Waals surface area contributed by atoms with Crippen LogP contribution in [-0.2, 0) is 42.7 Å². The SMILES string of the molecule is C[C@@H]1O[C@@H](O[C@@H]2[C@H](O[C@H]3CC[C@]4(C)[C@H]5CC=C6[C@@H]7CC(C)(C)CC[C@]7(C(=O)O[C@@H]7O[C@H](CO[C@@H]8O[C@H](CO)[C@@H](O)[C@H](O)[C@H]8O)[C@@H](O)[C@H](O)[C@H]7O)CC[C@@]6(C)[C@]5(C)CC[C@H]4C3(C)C)OC[C@@H](O)[C@H]2O)[C@H](O)[C@H](O)[C@H]1O. The van der Waals surface area contributed by atoms with E-state index in [0.29, 0.717) is 32.1 Å². The fourth-order valence-corrected chi connectivity index (χ4v) is 16.1. The zero-order valence-electron chi connectivity index (χ0n) is 44.1. The van der Waals surface area contributed by atoms with Gasteiger partial charge in [0, 0.05) is 0 Å². The van der Waals surface area contributed by atoms with Crippen LogP contribution in [0.2, 0.25) is 0 Å². The number of aliphatic hydroxyl groups excluding tert-OH is 12. The lowest BCUT2D eigenvalue weighted by molar-refractivity contribution is -0.364. The van der Waals surface area contributed by atoms with Crippen molar-refractivity contribution < 1.29 is 104 Å². The number of esters is 1. The summed E-state index contributed by atoms with van der Waals surface area (Å²) < 4.78 is 47.8. The molecule has 9 rings (SSSR count). The van der Waals surface area contributed by atoms with Gasteiger partial charge < -0.3 is 99.2 Å². The summed E-state index contributed by atoms with van der Waals surface area (Å²) in [6, 6.07) is 0. The average Bonchev–Trinajstić information content (AvgIpc) is 3.35. The average molecular weight is 1060 g/mol. The van der Waals surface area contributed by atoms with Gasteiger partial charge in [0.2, 0.25) is 6.29 Å². The summed E-state index contributed by atoms with van der Waals surface area (Å²) >= 11 is 0. The van der Waals surface area contributed by atoms with E-state index in [-0.39, 0.29) is 52.1 Å². The summed E-state index contributed by atoms with van der Waals surface area (Å²) in [5, 5.41) is 127. The van der Waals surface area contributed by atoms with Gasteiger partial charge in [-0.2, -0.15) is 0 Å². The predicted molar refractivity (Wildman–Crippen MR) is 255 cm³/mol. The van der Waals surface area contributed by atoms with Gasteiger partial charge in [-0.15, -0.1) is 0 Å². The lowest BCUT2D eigenvalue weighted by atomic mass is 9.33. The number of carbonyl (C=O) groups is 1. The van der Waals surface area contributed by atoms with E-state index in [9.17, 15) is 61.3 Å². The van der Waals surface area contributed by atoms with Crippen LogP contribution in [0.15, 0.2) is 11.6 Å². The van der Waals surface area contributed by atoms with Crippen LogP contribution in [0.4, 0.5) is 0 Å². The van der Waals surface area contributed by atoms with Crippen molar-refractivity contribution in [1.29, 1.82) is 0 Å². The number of hydrogen-bond donors (Lipinski definition) is 12. The highest BCUT2D eigenvalue weighted by Crippen LogP contribution is 2.76. The molecule has 27 atom stereocenters. The topological polar surface area (TPSA) is 334 Å². The van der Waals surface area contributed by atoms with Crippen LogP contribution in [0.25, 0.3) is 0 Å². The van der Waals surface area contributed by atoms with Gasteiger partial charge >= 0.3 is 5.97 Å². The monoisotopic (exact) mass is 1060 g/mol. The van der Waals surface area contributed by atoms with Crippen LogP contribution in [0.3, 0.4) is 0 Å². The van der Waals surface area contributed by atoms with Crippen molar-refractivity contribution in [2.45, 2.75) is 242 Å². The van der Waals surface area contributed by atoms with Crippen LogP contribution >= 0.6 is 0 Å². The molecule has 4 aliphatic heterocycles. The third-order valence-corrected chi connectivity index (χ3v) is 21.0. The van der Waals surface area contributed by atoms with Crippen molar-refractivity contribution in [3.05, 3.63) is 11.6 Å². The van der Waals surface area contributed by atoms with Crippen molar-refractivity contribution in [3.63, 3.8) is 0 Å². The Labute approximate surface area is 433 Å². The smallest absolute Gasteiger partial charge is 0.315 e. The molecule has 12 N–H and O–H groups in total. The summed E-state index contributed by atoms with van der Waals surface area (Å²) in [6.07, 6.45) is -19.2. The van der Waals surface area contributed by atoms with Gasteiger partial charge in [0.1, 0.15) is 85.5 Å². The maximum absolute atomic E-state index is 15.1. The summed E-state index contributed by atoms with van der Waals surface area (Å²) in [6.45, 7) is 16.2. The molecule has 0 spiro atoms. The number of ether oxygens (including phenoxy) is 8. The normalized spacial score (nSPS) is 54.1. The van der Waals surface area contributed by atoms with E-state index in [1.807, 2.05) is 0 Å². The summed E-state index contributed by atoms with van der Waals surface area (Å²) in [4.78, 5) is 15.1. The Kier molecular flexibility index (Phi) is 15.8. The molecule has 4 saturated carbocycles. The van der Waals surface area contributed by atoms with E-state index in [1.165, 1.54) is 12.5 Å². The van der Waals surface area contributed by atoms with E-state index in [4.69, 9.17) is 37.9 Å². The van der Waals surface area contributed by atoms with Crippen molar-refractivity contribution in [3.8, 4) is 0 Å². The Morgan fingerprint density at radius 2 is 1.26 bits per heavy atom. The molecule has 0 aromatic carbocycles. The van der Waals surface area contributed by atoms with E-state index >= 15 is 4.79 Å². The molecule has 4 heterocycles. The van der Waals surface area contributed by atoms with Crippen LogP contribution in [-0.4, -0.2) is 210 Å². The molecule has 0 aromatic heterocycles. The Hall–Kier alpha value is -1.55. The second kappa shape index (κ2) is 20.5. The van der Waals surface area contributed by atoms with Gasteiger partial charge in [-0.05, 0) is 116 Å². The molecule has 424 valence electrons. The minimum Gasteiger partial charge on any atom is -0.432 e. The number of aliphatic hydroxyl groups is 12. The second-order valence-electron chi connectivity index (χ2n) is 25.8. The number of fused-ring (bicyclic) bond motifs is 7. The predicted octanol–water partition coefficient (Wildman–Crippen LogP) is -0.369. The molecule has 21 heteroatoms. The minimum atomic E-state index is -1.82. The maximum atomic E-state index is 15.1. The van der Waals surface area contributed by atoms with Gasteiger partial charge in [-0.25, -0.2) is 0 Å². The number of carbonyl (C=O) groups excluding carboxylic acids is 1. The van der Waals surface area contributed by atoms with Crippen molar-refractivity contribution >= 4 is 5.97 Å². The van der Waals surface area contributed by atoms with Gasteiger partial charge in [0.25, 0.3) is 0 Å². The molecule has 4 saturated heterocycles. The zero-order valence-corrected chi connectivity index (χ0v) is 44.1. The Balaban J connectivity index is 0.920. The molecule has 0 amide bonds. The standard InChI is InChI=1S/C53H86O21/c1-23-32(56)36(60)40(64)44(69-23)73-42-33(57)26(55)21-67-46(42)72-31-12-13-50(6)29(49(31,4)5)11-14-52(8)30(50)10-9-24-25-19-48(2,3)15-17-53(25,18-16-51(24,52)7)47(66)74-45-41(65)38(62)35(59)28(71-45)22-68-43-39(63)37(61)34(58)27(20-54)70-43/h9,23,25-46,54-65H,10-22H2,1-8H3/t23-,25-,26+,27+,28+,29-,30+,31-,32-,33+,34+,35+,36+,37-,38-,39+,40+,41+,42-,43+,44-,45-,46-,50-,51+,52+,53-/m0/s1. The van der Waals surface area contributed by atoms with Crippen molar-refractivity contribution in [2.24, 2.45) is 50.2 Å². The van der Waals surface area contributed by atoms with Crippen LogP contribution in [0.1, 0.15) is 120 Å². The number of hydrogen-bond acceptors (Lipinski definition) is 21. The lowest BCUT2D eigenvalue weighted by Gasteiger charge is -2.71. The molecule has 0 bridgehead atoms. The first-order chi connectivity index (χ1) is 34.6. The molecule has 21 nitrogen and oxygen atoms in total. The van der Waals surface area contributed by atoms with Gasteiger partial charge in [0.15, 0.2) is 18.9 Å². The minimum absolute atomic E-state index is 0.114. The fraction of sp³-hybridized carbons (Fsp3) is 0.943. The molecular weight excluding hydrogens is 973 g/mol. The van der Waals surface area contributed by atoms with Gasteiger partial charge in [-0.1, -0.05) is 60.1 Å². The zero-order chi connectivity index (χ0) is 54.0. The Morgan fingerprint density at radius 1 is 0.635 bits per heavy atom. The first kappa shape index (κ1) is 57.1. The highest BCUT2D eigenvalue weighted by atomic mass is 16.8. The molecule has 0 aromatic rings. The first-order valence-corrected chi connectivity index (χ1v) is 27.1. The second-order valence-corrected chi connectivity index (χ2v) is 25.8. The summed E-state index contributed by atoms with van der Waals surface area (Å²) in [5.41, 5.74) is -0.885. The number of allylic oxidation sites excluding steroid dienone is 2. The van der Waals surface area contributed by atoms with Gasteiger partial charge in [0.05, 0.1) is 37.4 Å². The molecule has 8 fully saturated rings. The van der Waals surface area contributed by atoms with E-state index in [0.717, 1.165) is 32.1 Å². The third-order valence-electron chi connectivity index (χ3n) is 21.0. The lowest BCUT2D eigenvalue weighted by Crippen LogP contribution is -2.66.